The highest BCUT2D eigenvalue weighted by Crippen LogP contribution is 2.27. The number of hydrogen-bond acceptors (Lipinski definition) is 8. The van der Waals surface area contributed by atoms with Crippen molar-refractivity contribution in [2.24, 2.45) is 0 Å². The Labute approximate surface area is 165 Å². The Hall–Kier alpha value is -2.54. The smallest absolute Gasteiger partial charge is 0.336 e. The first kappa shape index (κ1) is 24.5. The van der Waals surface area contributed by atoms with Crippen LogP contribution >= 0.6 is 0 Å². The highest BCUT2D eigenvalue weighted by molar-refractivity contribution is 5.81. The molecule has 1 saturated heterocycles. The molecule has 0 radical (unpaired) electrons. The second-order valence-electron chi connectivity index (χ2n) is 6.46. The molecule has 5 atom stereocenters. The fourth-order valence-electron chi connectivity index (χ4n) is 3.08. The van der Waals surface area contributed by atoms with Gasteiger partial charge in [-0.05, 0) is 24.6 Å². The number of hydrogen-bond donors (Lipinski definition) is 4. The summed E-state index contributed by atoms with van der Waals surface area (Å²) in [5, 5.41) is 32.9. The zero-order valence-corrected chi connectivity index (χ0v) is 15.8. The van der Waals surface area contributed by atoms with Crippen molar-refractivity contribution < 1.29 is 45.0 Å². The second-order valence-corrected chi connectivity index (χ2v) is 6.46. The summed E-state index contributed by atoms with van der Waals surface area (Å²) in [5.74, 6) is -0.192. The van der Waals surface area contributed by atoms with Crippen molar-refractivity contribution in [2.45, 2.75) is 44.5 Å². The highest BCUT2D eigenvalue weighted by Gasteiger charge is 2.46. The van der Waals surface area contributed by atoms with Gasteiger partial charge in [0.1, 0.15) is 35.7 Å². The van der Waals surface area contributed by atoms with E-state index in [9.17, 15) is 24.9 Å². The van der Waals surface area contributed by atoms with Crippen LogP contribution in [0.15, 0.2) is 33.5 Å². The number of carbonyl (C=O) groups is 1. The monoisotopic (exact) mass is 415 g/mol. The summed E-state index contributed by atoms with van der Waals surface area (Å²) in [6.07, 6.45) is -5.08. The lowest BCUT2D eigenvalue weighted by molar-refractivity contribution is -0.244. The van der Waals surface area contributed by atoms with Gasteiger partial charge in [0, 0.05) is 24.4 Å². The van der Waals surface area contributed by atoms with E-state index in [2.05, 4.69) is 5.32 Å². The summed E-state index contributed by atoms with van der Waals surface area (Å²) >= 11 is 0. The molecule has 3 rings (SSSR count). The zero-order valence-electron chi connectivity index (χ0n) is 15.8. The number of aryl methyl sites for hydroxylation is 1. The highest BCUT2D eigenvalue weighted by atomic mass is 16.7. The van der Waals surface area contributed by atoms with Gasteiger partial charge in [-0.2, -0.15) is 0 Å². The third-order valence-electron chi connectivity index (χ3n) is 4.43. The zero-order chi connectivity index (χ0) is 19.7. The molecular weight excluding hydrogens is 390 g/mol. The van der Waals surface area contributed by atoms with Crippen molar-refractivity contribution in [1.82, 2.24) is 5.32 Å². The summed E-state index contributed by atoms with van der Waals surface area (Å²) in [7, 11) is 0. The van der Waals surface area contributed by atoms with Gasteiger partial charge < -0.3 is 45.5 Å². The number of ether oxygens (including phenoxy) is 2. The molecule has 0 spiro atoms. The number of aliphatic hydroxyl groups excluding tert-OH is 3. The van der Waals surface area contributed by atoms with E-state index < -0.39 is 48.8 Å². The van der Waals surface area contributed by atoms with E-state index in [1.54, 1.807) is 19.1 Å². The molecule has 0 bridgehead atoms. The number of aliphatic hydroxyl groups is 3. The summed E-state index contributed by atoms with van der Waals surface area (Å²) < 4.78 is 16.4. The minimum Gasteiger partial charge on any atom is -0.462 e. The Bertz CT molecular complexity index is 898. The molecule has 11 heteroatoms. The number of carbonyl (C=O) groups excluding carboxylic acids is 1. The molecule has 8 N–H and O–H groups in total. The second kappa shape index (κ2) is 9.78. The van der Waals surface area contributed by atoms with Crippen molar-refractivity contribution in [3.63, 3.8) is 0 Å². The molecule has 2 heterocycles. The minimum atomic E-state index is -1.41. The number of benzene rings is 1. The van der Waals surface area contributed by atoms with Crippen LogP contribution in [0.25, 0.3) is 11.0 Å². The van der Waals surface area contributed by atoms with Crippen LogP contribution in [0.4, 0.5) is 0 Å². The Kier molecular flexibility index (Phi) is 8.26. The first-order chi connectivity index (χ1) is 12.8. The fraction of sp³-hybridized carbons (Fsp3) is 0.444. The first-order valence-electron chi connectivity index (χ1n) is 8.41. The average Bonchev–Trinajstić information content (AvgIpc) is 2.60. The van der Waals surface area contributed by atoms with Crippen LogP contribution in [0, 0.1) is 6.92 Å². The SMILES string of the molecule is CC(=O)NC1C(Oc2ccc3c(C)cc(=O)oc3c2)OC(CO)C(O)C1O.O.O. The molecule has 5 unspecified atom stereocenters. The van der Waals surface area contributed by atoms with Crippen LogP contribution < -0.4 is 15.7 Å². The third-order valence-corrected chi connectivity index (χ3v) is 4.43. The van der Waals surface area contributed by atoms with Gasteiger partial charge >= 0.3 is 5.63 Å². The van der Waals surface area contributed by atoms with Gasteiger partial charge in [-0.25, -0.2) is 4.79 Å². The van der Waals surface area contributed by atoms with E-state index >= 15 is 0 Å². The van der Waals surface area contributed by atoms with Gasteiger partial charge in [-0.1, -0.05) is 0 Å². The standard InChI is InChI=1S/C18H21NO8.2H2O/c1-8-5-14(22)26-12-6-10(3-4-11(8)12)25-18-15(19-9(2)21)17(24)16(23)13(7-20)27-18;;/h3-6,13,15-18,20,23-24H,7H2,1-2H3,(H,19,21);2*1H2. The molecule has 1 aliphatic rings. The lowest BCUT2D eigenvalue weighted by Gasteiger charge is -2.42. The summed E-state index contributed by atoms with van der Waals surface area (Å²) in [4.78, 5) is 23.0. The summed E-state index contributed by atoms with van der Waals surface area (Å²) in [6, 6.07) is 5.12. The lowest BCUT2D eigenvalue weighted by Crippen LogP contribution is -2.65. The van der Waals surface area contributed by atoms with Gasteiger partial charge in [0.25, 0.3) is 0 Å². The first-order valence-corrected chi connectivity index (χ1v) is 8.41. The van der Waals surface area contributed by atoms with Crippen molar-refractivity contribution in [3.8, 4) is 5.75 Å². The van der Waals surface area contributed by atoms with Gasteiger partial charge in [-0.15, -0.1) is 0 Å². The predicted molar refractivity (Wildman–Crippen MR) is 100 cm³/mol. The van der Waals surface area contributed by atoms with Crippen LogP contribution in [-0.2, 0) is 9.53 Å². The van der Waals surface area contributed by atoms with Crippen molar-refractivity contribution >= 4 is 16.9 Å². The molecule has 0 saturated carbocycles. The molecule has 162 valence electrons. The fourth-order valence-corrected chi connectivity index (χ4v) is 3.08. The van der Waals surface area contributed by atoms with E-state index in [0.717, 1.165) is 10.9 Å². The maximum atomic E-state index is 11.6. The summed E-state index contributed by atoms with van der Waals surface area (Å²) in [5.41, 5.74) is 0.557. The van der Waals surface area contributed by atoms with Crippen LogP contribution in [0.5, 0.6) is 5.75 Å². The van der Waals surface area contributed by atoms with Crippen LogP contribution in [0.2, 0.25) is 0 Å². The van der Waals surface area contributed by atoms with Gasteiger partial charge in [0.2, 0.25) is 12.2 Å². The normalized spacial score (nSPS) is 26.2. The average molecular weight is 415 g/mol. The Balaban J connectivity index is 0.00000210. The van der Waals surface area contributed by atoms with E-state index in [0.29, 0.717) is 5.58 Å². The molecule has 0 aliphatic carbocycles. The lowest BCUT2D eigenvalue weighted by atomic mass is 9.97. The molecule has 2 aromatic rings. The molecule has 1 amide bonds. The number of nitrogens with one attached hydrogen (secondary N) is 1. The number of fused-ring (bicyclic) bond motifs is 1. The van der Waals surface area contributed by atoms with Crippen molar-refractivity contribution in [2.75, 3.05) is 6.61 Å². The predicted octanol–water partition coefficient (Wildman–Crippen LogP) is -2.23. The van der Waals surface area contributed by atoms with Crippen LogP contribution in [0.3, 0.4) is 0 Å². The maximum Gasteiger partial charge on any atom is 0.336 e. The molecule has 29 heavy (non-hydrogen) atoms. The minimum absolute atomic E-state index is 0. The molecular formula is C18H25NO10. The van der Waals surface area contributed by atoms with E-state index in [1.165, 1.54) is 19.1 Å². The largest absolute Gasteiger partial charge is 0.462 e. The molecule has 1 aromatic heterocycles. The van der Waals surface area contributed by atoms with Gasteiger partial charge in [0.15, 0.2) is 0 Å². The Morgan fingerprint density at radius 2 is 1.90 bits per heavy atom. The topological polar surface area (TPSA) is 201 Å². The molecule has 1 fully saturated rings. The van der Waals surface area contributed by atoms with Crippen LogP contribution in [-0.4, -0.2) is 69.4 Å². The number of rotatable bonds is 4. The van der Waals surface area contributed by atoms with Crippen molar-refractivity contribution in [1.29, 1.82) is 0 Å². The summed E-state index contributed by atoms with van der Waals surface area (Å²) in [6.45, 7) is 2.48. The number of amides is 1. The van der Waals surface area contributed by atoms with Gasteiger partial charge in [0.05, 0.1) is 6.61 Å². The Morgan fingerprint density at radius 3 is 2.52 bits per heavy atom. The van der Waals surface area contributed by atoms with E-state index in [-0.39, 0.29) is 16.7 Å². The van der Waals surface area contributed by atoms with Gasteiger partial charge in [-0.3, -0.25) is 4.79 Å². The van der Waals surface area contributed by atoms with E-state index in [4.69, 9.17) is 13.9 Å². The Morgan fingerprint density at radius 1 is 1.21 bits per heavy atom. The quantitative estimate of drug-likeness (QED) is 0.402. The van der Waals surface area contributed by atoms with E-state index in [1.807, 2.05) is 0 Å². The third kappa shape index (κ3) is 5.09. The maximum absolute atomic E-state index is 11.6. The van der Waals surface area contributed by atoms with Crippen LogP contribution in [0.1, 0.15) is 12.5 Å². The molecule has 11 nitrogen and oxygen atoms in total. The molecule has 1 aliphatic heterocycles. The van der Waals surface area contributed by atoms with Crippen molar-refractivity contribution in [3.05, 3.63) is 40.2 Å². The molecule has 1 aromatic carbocycles.